The Hall–Kier alpha value is -3.09. The predicted molar refractivity (Wildman–Crippen MR) is 116 cm³/mol. The lowest BCUT2D eigenvalue weighted by atomic mass is 9.97. The average molecular weight is 432 g/mol. The van der Waals surface area contributed by atoms with E-state index in [1.54, 1.807) is 47.6 Å². The van der Waals surface area contributed by atoms with E-state index in [9.17, 15) is 18.8 Å². The smallest absolute Gasteiger partial charge is 0.368 e. The number of carbonyl (C=O) groups is 3. The van der Waals surface area contributed by atoms with Crippen LogP contribution in [0.15, 0.2) is 36.5 Å². The quantitative estimate of drug-likeness (QED) is 0.465. The summed E-state index contributed by atoms with van der Waals surface area (Å²) in [5, 5.41) is 0. The Morgan fingerprint density at radius 2 is 1.45 bits per heavy atom. The molecule has 0 spiro atoms. The number of rotatable bonds is 3. The molecule has 1 aromatic carbocycles. The van der Waals surface area contributed by atoms with Crippen LogP contribution in [0.1, 0.15) is 65.9 Å². The summed E-state index contributed by atoms with van der Waals surface area (Å²) in [7, 11) is 0. The first-order chi connectivity index (χ1) is 14.3. The number of hydrogen-bond acceptors (Lipinski definition) is 6. The molecule has 0 aliphatic carbocycles. The summed E-state index contributed by atoms with van der Waals surface area (Å²) >= 11 is 0. The fourth-order valence-corrected chi connectivity index (χ4v) is 2.04. The van der Waals surface area contributed by atoms with Crippen LogP contribution in [-0.2, 0) is 14.3 Å². The van der Waals surface area contributed by atoms with E-state index >= 15 is 0 Å². The van der Waals surface area contributed by atoms with Gasteiger partial charge in [0.15, 0.2) is 11.4 Å². The highest BCUT2D eigenvalue weighted by Crippen LogP contribution is 2.29. The van der Waals surface area contributed by atoms with Gasteiger partial charge in [0.1, 0.15) is 5.82 Å². The van der Waals surface area contributed by atoms with Gasteiger partial charge in [0.2, 0.25) is 0 Å². The minimum atomic E-state index is -1.03. The molecule has 0 N–H and O–H groups in total. The van der Waals surface area contributed by atoms with Crippen molar-refractivity contribution in [1.29, 1.82) is 0 Å². The van der Waals surface area contributed by atoms with E-state index in [0.717, 1.165) is 0 Å². The molecule has 0 aliphatic rings. The summed E-state index contributed by atoms with van der Waals surface area (Å²) in [5.41, 5.74) is -1.16. The maximum absolute atomic E-state index is 13.6. The number of aromatic nitrogens is 1. The van der Waals surface area contributed by atoms with Crippen molar-refractivity contribution < 1.29 is 28.2 Å². The molecule has 2 rings (SSSR count). The Morgan fingerprint density at radius 3 is 1.97 bits per heavy atom. The lowest BCUT2D eigenvalue weighted by molar-refractivity contribution is -0.146. The van der Waals surface area contributed by atoms with Crippen molar-refractivity contribution in [3.8, 4) is 16.9 Å². The minimum absolute atomic E-state index is 0.168. The molecule has 7 heteroatoms. The Kier molecular flexibility index (Phi) is 8.61. The second kappa shape index (κ2) is 10.3. The van der Waals surface area contributed by atoms with Crippen LogP contribution in [0.2, 0.25) is 0 Å². The largest absolute Gasteiger partial charge is 0.424 e. The number of carbonyl (C=O) groups excluding carboxylic acids is 3. The number of benzene rings is 1. The van der Waals surface area contributed by atoms with E-state index in [1.807, 2.05) is 13.8 Å². The fraction of sp³-hybridized carbons (Fsp3) is 0.417. The van der Waals surface area contributed by atoms with Gasteiger partial charge in [-0.2, -0.15) is 0 Å². The van der Waals surface area contributed by atoms with Gasteiger partial charge < -0.3 is 9.47 Å². The van der Waals surface area contributed by atoms with E-state index in [1.165, 1.54) is 30.5 Å². The summed E-state index contributed by atoms with van der Waals surface area (Å²) in [5.74, 6) is -3.00. The number of nitrogens with zero attached hydrogens (tertiary/aromatic N) is 1. The second-order valence-corrected chi connectivity index (χ2v) is 8.65. The molecule has 0 saturated heterocycles. The molecule has 0 atom stereocenters. The van der Waals surface area contributed by atoms with Crippen LogP contribution in [-0.4, -0.2) is 22.9 Å². The van der Waals surface area contributed by atoms with E-state index in [-0.39, 0.29) is 11.4 Å². The average Bonchev–Trinajstić information content (AvgIpc) is 2.68. The second-order valence-electron chi connectivity index (χ2n) is 8.65. The highest BCUT2D eigenvalue weighted by atomic mass is 19.1. The van der Waals surface area contributed by atoms with Crippen LogP contribution in [0.25, 0.3) is 11.1 Å². The monoisotopic (exact) mass is 431 g/mol. The third-order valence-corrected chi connectivity index (χ3v) is 3.82. The minimum Gasteiger partial charge on any atom is -0.424 e. The lowest BCUT2D eigenvalue weighted by Gasteiger charge is -2.19. The van der Waals surface area contributed by atoms with Gasteiger partial charge >= 0.3 is 17.9 Å². The van der Waals surface area contributed by atoms with Gasteiger partial charge in [-0.1, -0.05) is 26.0 Å². The van der Waals surface area contributed by atoms with Gasteiger partial charge in [0.05, 0.1) is 10.8 Å². The number of esters is 3. The number of hydrogen-bond donors (Lipinski definition) is 0. The van der Waals surface area contributed by atoms with Crippen molar-refractivity contribution in [1.82, 2.24) is 4.98 Å². The third kappa shape index (κ3) is 7.27. The van der Waals surface area contributed by atoms with Gasteiger partial charge in [-0.3, -0.25) is 9.59 Å². The van der Waals surface area contributed by atoms with Crippen LogP contribution < -0.4 is 4.74 Å². The normalized spacial score (nSPS) is 11.1. The zero-order valence-corrected chi connectivity index (χ0v) is 19.3. The maximum Gasteiger partial charge on any atom is 0.368 e. The molecule has 31 heavy (non-hydrogen) atoms. The Balaban J connectivity index is 0.00000233. The molecule has 0 unspecified atom stereocenters. The SMILES string of the molecule is CC.CC(C)(C)C(=O)OC(=O)c1ncc(-c2cccc(F)c2)cc1OC(=O)C(C)(C)C. The number of halogens is 1. The van der Waals surface area contributed by atoms with Crippen molar-refractivity contribution in [2.75, 3.05) is 0 Å². The van der Waals surface area contributed by atoms with Crippen LogP contribution in [0, 0.1) is 16.6 Å². The molecular weight excluding hydrogens is 401 g/mol. The maximum atomic E-state index is 13.6. The predicted octanol–water partition coefficient (Wildman–Crippen LogP) is 5.59. The summed E-state index contributed by atoms with van der Waals surface area (Å²) < 4.78 is 23.8. The number of pyridine rings is 1. The van der Waals surface area contributed by atoms with E-state index < -0.39 is 34.6 Å². The van der Waals surface area contributed by atoms with E-state index in [4.69, 9.17) is 9.47 Å². The van der Waals surface area contributed by atoms with Crippen molar-refractivity contribution in [2.45, 2.75) is 55.4 Å². The first-order valence-corrected chi connectivity index (χ1v) is 10.0. The van der Waals surface area contributed by atoms with E-state index in [2.05, 4.69) is 4.98 Å². The topological polar surface area (TPSA) is 82.6 Å². The van der Waals surface area contributed by atoms with E-state index in [0.29, 0.717) is 11.1 Å². The van der Waals surface area contributed by atoms with Gasteiger partial charge in [-0.05, 0) is 65.3 Å². The molecule has 0 bridgehead atoms. The molecule has 168 valence electrons. The lowest BCUT2D eigenvalue weighted by Crippen LogP contribution is -2.28. The molecule has 0 aliphatic heterocycles. The molecule has 1 aromatic heterocycles. The van der Waals surface area contributed by atoms with Gasteiger partial charge in [-0.15, -0.1) is 0 Å². The van der Waals surface area contributed by atoms with Crippen molar-refractivity contribution in [3.63, 3.8) is 0 Å². The van der Waals surface area contributed by atoms with Crippen LogP contribution >= 0.6 is 0 Å². The van der Waals surface area contributed by atoms with Gasteiger partial charge in [-0.25, -0.2) is 14.2 Å². The summed E-state index contributed by atoms with van der Waals surface area (Å²) in [4.78, 5) is 40.9. The van der Waals surface area contributed by atoms with Crippen molar-refractivity contribution in [3.05, 3.63) is 48.0 Å². The van der Waals surface area contributed by atoms with Crippen molar-refractivity contribution >= 4 is 17.9 Å². The molecule has 0 radical (unpaired) electrons. The highest BCUT2D eigenvalue weighted by Gasteiger charge is 2.30. The van der Waals surface area contributed by atoms with Gasteiger partial charge in [0.25, 0.3) is 0 Å². The highest BCUT2D eigenvalue weighted by molar-refractivity contribution is 5.99. The number of ether oxygens (including phenoxy) is 2. The van der Waals surface area contributed by atoms with Crippen molar-refractivity contribution in [2.24, 2.45) is 10.8 Å². The molecule has 0 amide bonds. The summed E-state index contributed by atoms with van der Waals surface area (Å²) in [6.07, 6.45) is 1.32. The summed E-state index contributed by atoms with van der Waals surface area (Å²) in [6.45, 7) is 13.8. The van der Waals surface area contributed by atoms with Crippen LogP contribution in [0.4, 0.5) is 4.39 Å². The van der Waals surface area contributed by atoms with Crippen LogP contribution in [0.3, 0.4) is 0 Å². The Labute approximate surface area is 182 Å². The van der Waals surface area contributed by atoms with Crippen LogP contribution in [0.5, 0.6) is 5.75 Å². The first-order valence-electron chi connectivity index (χ1n) is 10.0. The molecule has 1 heterocycles. The first kappa shape index (κ1) is 25.9. The molecule has 0 fully saturated rings. The fourth-order valence-electron chi connectivity index (χ4n) is 2.04. The van der Waals surface area contributed by atoms with Gasteiger partial charge in [0, 0.05) is 11.8 Å². The molecule has 6 nitrogen and oxygen atoms in total. The zero-order chi connectivity index (χ0) is 24.0. The third-order valence-electron chi connectivity index (χ3n) is 3.82. The zero-order valence-electron chi connectivity index (χ0n) is 19.3. The molecule has 0 saturated carbocycles. The Morgan fingerprint density at radius 1 is 0.871 bits per heavy atom. The standard InChI is InChI=1S/C22H24FNO5.C2H6/c1-21(2,3)19(26)28-16-11-14(13-8-7-9-15(23)10-13)12-24-17(16)18(25)29-20(27)22(4,5)6;1-2/h7-12H,1-6H3;1-2H3. The summed E-state index contributed by atoms with van der Waals surface area (Å²) in [6, 6.07) is 7.14. The Bertz CT molecular complexity index is 955. The molecular formula is C24H30FNO5. The molecule has 2 aromatic rings.